The van der Waals surface area contributed by atoms with Crippen LogP contribution < -0.4 is 3.61 Å². The van der Waals surface area contributed by atoms with E-state index in [4.69, 9.17) is 0 Å². The van der Waals surface area contributed by atoms with Crippen molar-refractivity contribution in [3.8, 4) is 11.1 Å². The van der Waals surface area contributed by atoms with Gasteiger partial charge in [0, 0.05) is 0 Å². The first-order valence-corrected chi connectivity index (χ1v) is 13.3. The second kappa shape index (κ2) is 9.34. The normalized spacial score (nSPS) is 12.4. The summed E-state index contributed by atoms with van der Waals surface area (Å²) in [7, 11) is 0. The van der Waals surface area contributed by atoms with Gasteiger partial charge in [0.05, 0.1) is 0 Å². The minimum absolute atomic E-state index is 0.416. The number of aryl methyl sites for hydroxylation is 1. The first-order valence-electron chi connectivity index (χ1n) is 10.8. The zero-order valence-corrected chi connectivity index (χ0v) is 20.3. The first kappa shape index (κ1) is 21.1. The van der Waals surface area contributed by atoms with Gasteiger partial charge in [-0.3, -0.25) is 0 Å². The third kappa shape index (κ3) is 4.31. The number of fused-ring (bicyclic) bond motifs is 2. The molecule has 2 heteroatoms. The minimum atomic E-state index is -0.513. The Labute approximate surface area is 189 Å². The molecule has 30 heavy (non-hydrogen) atoms. The molecule has 4 aromatic rings. The van der Waals surface area contributed by atoms with Crippen LogP contribution in [0.5, 0.6) is 0 Å². The zero-order chi connectivity index (χ0) is 21.1. The summed E-state index contributed by atoms with van der Waals surface area (Å²) in [5, 5.41) is 5.21. The quantitative estimate of drug-likeness (QED) is 0.249. The van der Waals surface area contributed by atoms with Gasteiger partial charge in [-0.25, -0.2) is 0 Å². The maximum absolute atomic E-state index is 12.3. The van der Waals surface area contributed by atoms with Crippen molar-refractivity contribution in [3.63, 3.8) is 0 Å². The summed E-state index contributed by atoms with van der Waals surface area (Å²) in [4.78, 5) is 12.3. The van der Waals surface area contributed by atoms with Gasteiger partial charge in [-0.05, 0) is 0 Å². The van der Waals surface area contributed by atoms with Gasteiger partial charge in [-0.2, -0.15) is 0 Å². The molecule has 1 atom stereocenters. The van der Waals surface area contributed by atoms with E-state index >= 15 is 0 Å². The van der Waals surface area contributed by atoms with Gasteiger partial charge < -0.3 is 0 Å². The third-order valence-corrected chi connectivity index (χ3v) is 8.97. The fourth-order valence-electron chi connectivity index (χ4n) is 4.28. The van der Waals surface area contributed by atoms with Crippen molar-refractivity contribution in [1.82, 2.24) is 0 Å². The number of benzene rings is 4. The van der Waals surface area contributed by atoms with Gasteiger partial charge in [-0.15, -0.1) is 0 Å². The number of carbonyl (C=O) groups excluding carboxylic acids is 1. The molecule has 0 bridgehead atoms. The Morgan fingerprint density at radius 3 is 2.10 bits per heavy atom. The summed E-state index contributed by atoms with van der Waals surface area (Å²) in [6, 6.07) is 26.5. The average molecular weight is 508 g/mol. The van der Waals surface area contributed by atoms with Crippen LogP contribution in [0.4, 0.5) is 0 Å². The SMILES string of the molecule is CCCC(=O)C[C@H](C)[Te]c1ccc2ccccc2c1-c1c(C)ccc2ccccc12. The van der Waals surface area contributed by atoms with Crippen LogP contribution in [0, 0.1) is 6.92 Å². The molecule has 0 saturated heterocycles. The van der Waals surface area contributed by atoms with Gasteiger partial charge in [0.15, 0.2) is 0 Å². The molecule has 0 fully saturated rings. The first-order chi connectivity index (χ1) is 14.6. The standard InChI is InChI=1S/C28H28OTe/c1-4-9-23(29)18-20(3)30-26-17-16-22-11-6-8-13-25(22)28(26)27-19(2)14-15-21-10-5-7-12-24(21)27/h5-8,10-17,20H,4,9,18H2,1-3H3/t20-/m0/s1. The van der Waals surface area contributed by atoms with Gasteiger partial charge in [0.1, 0.15) is 0 Å². The average Bonchev–Trinajstić information content (AvgIpc) is 2.74. The van der Waals surface area contributed by atoms with Crippen LogP contribution in [0.2, 0.25) is 3.97 Å². The molecular weight excluding hydrogens is 480 g/mol. The van der Waals surface area contributed by atoms with Crippen molar-refractivity contribution in [2.75, 3.05) is 0 Å². The Kier molecular flexibility index (Phi) is 6.57. The second-order valence-electron chi connectivity index (χ2n) is 8.06. The summed E-state index contributed by atoms with van der Waals surface area (Å²) in [5.41, 5.74) is 4.06. The molecule has 0 N–H and O–H groups in total. The van der Waals surface area contributed by atoms with Crippen molar-refractivity contribution in [1.29, 1.82) is 0 Å². The molecule has 0 aliphatic carbocycles. The summed E-state index contributed by atoms with van der Waals surface area (Å²) in [5.74, 6) is 0.416. The van der Waals surface area contributed by atoms with Crippen molar-refractivity contribution in [2.24, 2.45) is 0 Å². The van der Waals surface area contributed by atoms with Crippen molar-refractivity contribution in [3.05, 3.63) is 78.4 Å². The summed E-state index contributed by atoms with van der Waals surface area (Å²) < 4.78 is 1.93. The van der Waals surface area contributed by atoms with E-state index in [1.165, 1.54) is 41.8 Å². The number of hydrogen-bond acceptors (Lipinski definition) is 1. The molecule has 0 saturated carbocycles. The van der Waals surface area contributed by atoms with Crippen LogP contribution in [0.3, 0.4) is 0 Å². The van der Waals surface area contributed by atoms with Crippen LogP contribution in [-0.2, 0) is 4.79 Å². The van der Waals surface area contributed by atoms with E-state index in [1.54, 1.807) is 0 Å². The summed E-state index contributed by atoms with van der Waals surface area (Å²) in [6.07, 6.45) is 2.38. The summed E-state index contributed by atoms with van der Waals surface area (Å²) in [6.45, 7) is 6.58. The number of ketones is 1. The van der Waals surface area contributed by atoms with Gasteiger partial charge in [0.25, 0.3) is 0 Å². The molecule has 4 aromatic carbocycles. The van der Waals surface area contributed by atoms with E-state index in [1.807, 2.05) is 0 Å². The van der Waals surface area contributed by atoms with Crippen LogP contribution in [0.15, 0.2) is 72.8 Å². The van der Waals surface area contributed by atoms with Crippen LogP contribution in [0.25, 0.3) is 32.7 Å². The monoisotopic (exact) mass is 510 g/mol. The molecule has 0 unspecified atom stereocenters. The summed E-state index contributed by atoms with van der Waals surface area (Å²) >= 11 is -0.513. The molecule has 0 heterocycles. The van der Waals surface area contributed by atoms with Crippen LogP contribution in [-0.4, -0.2) is 26.7 Å². The van der Waals surface area contributed by atoms with Crippen molar-refractivity contribution < 1.29 is 4.79 Å². The molecule has 0 amide bonds. The predicted octanol–water partition coefficient (Wildman–Crippen LogP) is 6.87. The molecule has 0 aromatic heterocycles. The molecule has 0 aliphatic rings. The van der Waals surface area contributed by atoms with E-state index in [0.29, 0.717) is 16.2 Å². The number of rotatable bonds is 7. The van der Waals surface area contributed by atoms with E-state index in [9.17, 15) is 4.79 Å². The third-order valence-electron chi connectivity index (χ3n) is 5.65. The van der Waals surface area contributed by atoms with Gasteiger partial charge in [0.2, 0.25) is 0 Å². The Balaban J connectivity index is 1.90. The van der Waals surface area contributed by atoms with Gasteiger partial charge >= 0.3 is 190 Å². The van der Waals surface area contributed by atoms with E-state index < -0.39 is 20.9 Å². The van der Waals surface area contributed by atoms with E-state index in [0.717, 1.165) is 12.8 Å². The fraction of sp³-hybridized carbons (Fsp3) is 0.250. The zero-order valence-electron chi connectivity index (χ0n) is 17.9. The maximum atomic E-state index is 12.3. The Morgan fingerprint density at radius 1 is 0.833 bits per heavy atom. The molecule has 4 rings (SSSR count). The Hall–Kier alpha value is -2.14. The fourth-order valence-corrected chi connectivity index (χ4v) is 7.65. The number of hydrogen-bond donors (Lipinski definition) is 0. The molecular formula is C28H28OTe. The molecule has 1 nitrogen and oxygen atoms in total. The number of carbonyl (C=O) groups is 1. The molecule has 0 spiro atoms. The molecule has 0 radical (unpaired) electrons. The van der Waals surface area contributed by atoms with Crippen molar-refractivity contribution in [2.45, 2.75) is 44.0 Å². The molecule has 0 aliphatic heterocycles. The van der Waals surface area contributed by atoms with E-state index in [2.05, 4.69) is 93.6 Å². The predicted molar refractivity (Wildman–Crippen MR) is 131 cm³/mol. The van der Waals surface area contributed by atoms with Gasteiger partial charge in [-0.1, -0.05) is 0 Å². The van der Waals surface area contributed by atoms with Crippen LogP contribution in [0.1, 0.15) is 38.7 Å². The van der Waals surface area contributed by atoms with Crippen LogP contribution >= 0.6 is 0 Å². The van der Waals surface area contributed by atoms with Crippen molar-refractivity contribution >= 4 is 51.9 Å². The Morgan fingerprint density at radius 2 is 1.43 bits per heavy atom. The topological polar surface area (TPSA) is 17.1 Å². The number of Topliss-reactive ketones (excluding diaryl/α,β-unsaturated/α-hetero) is 1. The second-order valence-corrected chi connectivity index (χ2v) is 12.3. The molecule has 152 valence electrons. The van der Waals surface area contributed by atoms with E-state index in [-0.39, 0.29) is 0 Å². The Bertz CT molecular complexity index is 1210.